The van der Waals surface area contributed by atoms with Crippen molar-refractivity contribution in [3.05, 3.63) is 59.4 Å². The summed E-state index contributed by atoms with van der Waals surface area (Å²) in [5.41, 5.74) is 5.34. The van der Waals surface area contributed by atoms with E-state index >= 15 is 0 Å². The number of pyridine rings is 1. The topological polar surface area (TPSA) is 49.4 Å². The van der Waals surface area contributed by atoms with Gasteiger partial charge in [-0.05, 0) is 85.6 Å². The molecule has 2 aliphatic rings. The number of fused-ring (bicyclic) bond motifs is 1. The first-order chi connectivity index (χ1) is 13.8. The van der Waals surface area contributed by atoms with Gasteiger partial charge in [-0.15, -0.1) is 0 Å². The molecule has 1 aromatic carbocycles. The number of benzene rings is 1. The highest BCUT2D eigenvalue weighted by atomic mass is 16.5. The minimum atomic E-state index is -0.0317. The minimum Gasteiger partial charge on any atom is -0.367 e. The number of hydrogen-bond donors (Lipinski definition) is 2. The van der Waals surface area contributed by atoms with Crippen LogP contribution in [0.25, 0.3) is 0 Å². The number of ether oxygens (including phenoxy) is 1. The van der Waals surface area contributed by atoms with E-state index in [1.165, 1.54) is 41.6 Å². The molecule has 5 nitrogen and oxygen atoms in total. The van der Waals surface area contributed by atoms with Crippen molar-refractivity contribution in [2.45, 2.75) is 38.5 Å². The molecular formula is C23H32N4O. The molecule has 0 amide bonds. The Labute approximate surface area is 168 Å². The van der Waals surface area contributed by atoms with Gasteiger partial charge in [-0.1, -0.05) is 6.07 Å². The van der Waals surface area contributed by atoms with Crippen LogP contribution in [0.5, 0.6) is 0 Å². The predicted octanol–water partition coefficient (Wildman–Crippen LogP) is 3.27. The van der Waals surface area contributed by atoms with Gasteiger partial charge in [-0.2, -0.15) is 0 Å². The summed E-state index contributed by atoms with van der Waals surface area (Å²) in [5.74, 6) is 0.743. The number of piperidine rings is 1. The lowest BCUT2D eigenvalue weighted by Gasteiger charge is -2.32. The van der Waals surface area contributed by atoms with Crippen LogP contribution < -0.4 is 15.5 Å². The van der Waals surface area contributed by atoms with Crippen molar-refractivity contribution in [1.82, 2.24) is 15.6 Å². The Balaban J connectivity index is 1.44. The first-order valence-corrected chi connectivity index (χ1v) is 10.6. The van der Waals surface area contributed by atoms with Gasteiger partial charge in [-0.25, -0.2) is 0 Å². The summed E-state index contributed by atoms with van der Waals surface area (Å²) in [6.07, 6.45) is 8.55. The van der Waals surface area contributed by atoms with Crippen LogP contribution in [-0.2, 0) is 17.7 Å². The number of nitrogens with one attached hydrogen (secondary N) is 2. The van der Waals surface area contributed by atoms with E-state index in [4.69, 9.17) is 4.74 Å². The molecule has 28 heavy (non-hydrogen) atoms. The Kier molecular flexibility index (Phi) is 6.57. The Bertz CT molecular complexity index is 746. The van der Waals surface area contributed by atoms with Gasteiger partial charge in [0.25, 0.3) is 0 Å². The van der Waals surface area contributed by atoms with Crippen molar-refractivity contribution in [2.24, 2.45) is 5.92 Å². The standard InChI is InChI=1S/C23H32N4O/c1-28-23(26-16-18-6-10-24-11-7-18)21-4-5-22-20(15-21)3-2-14-27(22)17-19-8-12-25-13-9-19/h4-5,8-9,12-13,15,18,23-24,26H,2-3,6-7,10-11,14,16-17H2,1H3. The summed E-state index contributed by atoms with van der Waals surface area (Å²) in [6.45, 7) is 5.34. The highest BCUT2D eigenvalue weighted by Crippen LogP contribution is 2.31. The normalized spacial score (nSPS) is 18.7. The fourth-order valence-corrected chi connectivity index (χ4v) is 4.43. The van der Waals surface area contributed by atoms with Crippen LogP contribution in [0, 0.1) is 5.92 Å². The Morgan fingerprint density at radius 3 is 2.82 bits per heavy atom. The molecule has 1 fully saturated rings. The van der Waals surface area contributed by atoms with Crippen LogP contribution in [0.1, 0.15) is 42.2 Å². The molecule has 150 valence electrons. The van der Waals surface area contributed by atoms with Gasteiger partial charge in [0.1, 0.15) is 6.23 Å². The average Bonchev–Trinajstić information content (AvgIpc) is 2.76. The second kappa shape index (κ2) is 9.50. The Hall–Kier alpha value is -1.95. The number of hydrogen-bond acceptors (Lipinski definition) is 5. The molecular weight excluding hydrogens is 348 g/mol. The average molecular weight is 381 g/mol. The molecule has 0 saturated carbocycles. The maximum atomic E-state index is 5.79. The van der Waals surface area contributed by atoms with E-state index in [2.05, 4.69) is 50.8 Å². The summed E-state index contributed by atoms with van der Waals surface area (Å²) in [5, 5.41) is 7.08. The van der Waals surface area contributed by atoms with Crippen molar-refractivity contribution in [2.75, 3.05) is 38.2 Å². The third-order valence-electron chi connectivity index (χ3n) is 6.03. The summed E-state index contributed by atoms with van der Waals surface area (Å²) in [7, 11) is 1.80. The summed E-state index contributed by atoms with van der Waals surface area (Å²) in [4.78, 5) is 6.62. The van der Waals surface area contributed by atoms with E-state index in [-0.39, 0.29) is 6.23 Å². The summed E-state index contributed by atoms with van der Waals surface area (Å²) in [6, 6.07) is 11.1. The van der Waals surface area contributed by atoms with Gasteiger partial charge in [0, 0.05) is 44.8 Å². The van der Waals surface area contributed by atoms with Crippen molar-refractivity contribution in [3.8, 4) is 0 Å². The second-order valence-electron chi connectivity index (χ2n) is 7.99. The van der Waals surface area contributed by atoms with Gasteiger partial charge in [0.2, 0.25) is 0 Å². The molecule has 0 bridgehead atoms. The molecule has 2 N–H and O–H groups in total. The van der Waals surface area contributed by atoms with Crippen LogP contribution in [0.4, 0.5) is 5.69 Å². The van der Waals surface area contributed by atoms with Gasteiger partial charge in [0.05, 0.1) is 0 Å². The number of nitrogens with zero attached hydrogens (tertiary/aromatic N) is 2. The first kappa shape index (κ1) is 19.4. The molecule has 0 aliphatic carbocycles. The smallest absolute Gasteiger partial charge is 0.133 e. The summed E-state index contributed by atoms with van der Waals surface area (Å²) >= 11 is 0. The molecule has 1 atom stereocenters. The highest BCUT2D eigenvalue weighted by Gasteiger charge is 2.21. The lowest BCUT2D eigenvalue weighted by atomic mass is 9.96. The fraction of sp³-hybridized carbons (Fsp3) is 0.522. The SMILES string of the molecule is COC(NCC1CCNCC1)c1ccc2c(c1)CCCN2Cc1ccncc1. The van der Waals surface area contributed by atoms with Gasteiger partial charge < -0.3 is 15.0 Å². The third kappa shape index (κ3) is 4.72. The van der Waals surface area contributed by atoms with Crippen LogP contribution in [0.3, 0.4) is 0 Å². The number of aryl methyl sites for hydroxylation is 1. The Morgan fingerprint density at radius 1 is 1.21 bits per heavy atom. The van der Waals surface area contributed by atoms with Gasteiger partial charge >= 0.3 is 0 Å². The zero-order valence-electron chi connectivity index (χ0n) is 16.9. The number of anilines is 1. The lowest BCUT2D eigenvalue weighted by Crippen LogP contribution is -2.35. The third-order valence-corrected chi connectivity index (χ3v) is 6.03. The molecule has 2 aromatic rings. The quantitative estimate of drug-likeness (QED) is 0.722. The monoisotopic (exact) mass is 380 g/mol. The van der Waals surface area contributed by atoms with Crippen LogP contribution >= 0.6 is 0 Å². The maximum Gasteiger partial charge on any atom is 0.133 e. The van der Waals surface area contributed by atoms with Crippen molar-refractivity contribution < 1.29 is 4.74 Å². The molecule has 3 heterocycles. The predicted molar refractivity (Wildman–Crippen MR) is 113 cm³/mol. The number of methoxy groups -OCH3 is 1. The van der Waals surface area contributed by atoms with E-state index in [0.29, 0.717) is 0 Å². The summed E-state index contributed by atoms with van der Waals surface area (Å²) < 4.78 is 5.79. The van der Waals surface area contributed by atoms with Gasteiger partial charge in [0.15, 0.2) is 0 Å². The zero-order chi connectivity index (χ0) is 19.2. The molecule has 1 saturated heterocycles. The first-order valence-electron chi connectivity index (χ1n) is 10.6. The second-order valence-corrected chi connectivity index (χ2v) is 7.99. The molecule has 1 aromatic heterocycles. The van der Waals surface area contributed by atoms with E-state index in [1.807, 2.05) is 12.4 Å². The minimum absolute atomic E-state index is 0.0317. The zero-order valence-corrected chi connectivity index (χ0v) is 16.9. The molecule has 1 unspecified atom stereocenters. The Morgan fingerprint density at radius 2 is 2.04 bits per heavy atom. The van der Waals surface area contributed by atoms with E-state index in [9.17, 15) is 0 Å². The molecule has 5 heteroatoms. The maximum absolute atomic E-state index is 5.79. The van der Waals surface area contributed by atoms with E-state index in [0.717, 1.165) is 45.1 Å². The van der Waals surface area contributed by atoms with Gasteiger partial charge in [-0.3, -0.25) is 10.3 Å². The molecule has 0 spiro atoms. The van der Waals surface area contributed by atoms with Crippen LogP contribution in [0.2, 0.25) is 0 Å². The van der Waals surface area contributed by atoms with E-state index < -0.39 is 0 Å². The van der Waals surface area contributed by atoms with Crippen LogP contribution in [0.15, 0.2) is 42.7 Å². The lowest BCUT2D eigenvalue weighted by molar-refractivity contribution is 0.0681. The van der Waals surface area contributed by atoms with Crippen LogP contribution in [-0.4, -0.2) is 38.3 Å². The van der Waals surface area contributed by atoms with Crippen molar-refractivity contribution >= 4 is 5.69 Å². The van der Waals surface area contributed by atoms with Crippen molar-refractivity contribution in [1.29, 1.82) is 0 Å². The highest BCUT2D eigenvalue weighted by molar-refractivity contribution is 5.57. The van der Waals surface area contributed by atoms with Crippen molar-refractivity contribution in [3.63, 3.8) is 0 Å². The number of aromatic nitrogens is 1. The molecule has 4 rings (SSSR count). The fourth-order valence-electron chi connectivity index (χ4n) is 4.43. The number of rotatable bonds is 7. The largest absolute Gasteiger partial charge is 0.367 e. The molecule has 2 aliphatic heterocycles. The molecule has 0 radical (unpaired) electrons. The van der Waals surface area contributed by atoms with E-state index in [1.54, 1.807) is 7.11 Å².